The van der Waals surface area contributed by atoms with E-state index in [1.165, 1.54) is 11.3 Å². The highest BCUT2D eigenvalue weighted by Crippen LogP contribution is 2.27. The van der Waals surface area contributed by atoms with Crippen LogP contribution >= 0.6 is 11.6 Å². The van der Waals surface area contributed by atoms with Crippen molar-refractivity contribution < 1.29 is 0 Å². The molecule has 1 aromatic carbocycles. The number of benzene rings is 1. The Hall–Kier alpha value is -2.24. The molecular formula is C21H24ClN5. The molecule has 0 aliphatic carbocycles. The summed E-state index contributed by atoms with van der Waals surface area (Å²) < 4.78 is 1.82. The second-order valence-corrected chi connectivity index (χ2v) is 7.43. The Balaban J connectivity index is 1.53. The van der Waals surface area contributed by atoms with Crippen molar-refractivity contribution in [1.29, 1.82) is 0 Å². The van der Waals surface area contributed by atoms with Crippen molar-refractivity contribution in [2.24, 2.45) is 0 Å². The summed E-state index contributed by atoms with van der Waals surface area (Å²) in [7, 11) is 0. The molecule has 0 spiro atoms. The molecule has 2 aromatic heterocycles. The summed E-state index contributed by atoms with van der Waals surface area (Å²) in [4.78, 5) is 11.7. The lowest BCUT2D eigenvalue weighted by molar-refractivity contribution is 0.242. The average Bonchev–Trinajstić information content (AvgIpc) is 2.97. The van der Waals surface area contributed by atoms with Gasteiger partial charge in [0.25, 0.3) is 0 Å². The first-order valence-electron chi connectivity index (χ1n) is 9.51. The fourth-order valence-corrected chi connectivity index (χ4v) is 3.90. The summed E-state index contributed by atoms with van der Waals surface area (Å²) in [6.07, 6.45) is 4.98. The number of nitrogens with zero attached hydrogens (tertiary/aromatic N) is 5. The smallest absolute Gasteiger partial charge is 0.137 e. The van der Waals surface area contributed by atoms with Gasteiger partial charge in [0, 0.05) is 55.5 Å². The van der Waals surface area contributed by atoms with Crippen molar-refractivity contribution in [2.75, 3.05) is 6.54 Å². The number of aryl methyl sites for hydroxylation is 2. The zero-order chi connectivity index (χ0) is 18.8. The van der Waals surface area contributed by atoms with E-state index in [0.29, 0.717) is 5.15 Å². The molecule has 4 rings (SSSR count). The normalized spacial score (nSPS) is 14.3. The molecule has 0 atom stereocenters. The van der Waals surface area contributed by atoms with Crippen molar-refractivity contribution in [3.05, 3.63) is 70.0 Å². The number of para-hydroxylation sites is 1. The first-order chi connectivity index (χ1) is 13.2. The van der Waals surface area contributed by atoms with Crippen LogP contribution in [-0.2, 0) is 25.9 Å². The van der Waals surface area contributed by atoms with E-state index in [1.807, 2.05) is 48.1 Å². The Kier molecular flexibility index (Phi) is 5.23. The van der Waals surface area contributed by atoms with Crippen molar-refractivity contribution >= 4 is 11.6 Å². The van der Waals surface area contributed by atoms with Crippen molar-refractivity contribution in [3.8, 4) is 5.69 Å². The van der Waals surface area contributed by atoms with Gasteiger partial charge in [-0.3, -0.25) is 4.90 Å². The third-order valence-corrected chi connectivity index (χ3v) is 5.43. The highest BCUT2D eigenvalue weighted by molar-refractivity contribution is 6.30. The first-order valence-corrected chi connectivity index (χ1v) is 9.89. The Labute approximate surface area is 165 Å². The molecule has 0 amide bonds. The van der Waals surface area contributed by atoms with Gasteiger partial charge in [-0.1, -0.05) is 36.7 Å². The maximum atomic E-state index is 6.69. The zero-order valence-corrected chi connectivity index (χ0v) is 16.6. The largest absolute Gasteiger partial charge is 0.294 e. The molecule has 0 saturated carbocycles. The van der Waals surface area contributed by atoms with Gasteiger partial charge in [0.2, 0.25) is 0 Å². The van der Waals surface area contributed by atoms with Gasteiger partial charge in [-0.05, 0) is 25.5 Å². The van der Waals surface area contributed by atoms with Gasteiger partial charge in [-0.25, -0.2) is 14.6 Å². The summed E-state index contributed by atoms with van der Waals surface area (Å²) in [6, 6.07) is 10.0. The van der Waals surface area contributed by atoms with Gasteiger partial charge in [-0.15, -0.1) is 0 Å². The van der Waals surface area contributed by atoms with Crippen LogP contribution in [0.5, 0.6) is 0 Å². The lowest BCUT2D eigenvalue weighted by atomic mass is 10.1. The Morgan fingerprint density at radius 1 is 1.19 bits per heavy atom. The number of aromatic nitrogens is 4. The van der Waals surface area contributed by atoms with Gasteiger partial charge >= 0.3 is 0 Å². The minimum absolute atomic E-state index is 0.694. The van der Waals surface area contributed by atoms with E-state index in [2.05, 4.69) is 21.9 Å². The molecule has 0 bridgehead atoms. The lowest BCUT2D eigenvalue weighted by Crippen LogP contribution is -2.31. The number of hydrogen-bond acceptors (Lipinski definition) is 4. The van der Waals surface area contributed by atoms with E-state index in [9.17, 15) is 0 Å². The van der Waals surface area contributed by atoms with Crippen LogP contribution in [0.3, 0.4) is 0 Å². The second kappa shape index (κ2) is 7.79. The van der Waals surface area contributed by atoms with Gasteiger partial charge in [-0.2, -0.15) is 5.10 Å². The van der Waals surface area contributed by atoms with Gasteiger partial charge in [0.15, 0.2) is 0 Å². The first kappa shape index (κ1) is 18.1. The minimum atomic E-state index is 0.694. The Morgan fingerprint density at radius 2 is 2.00 bits per heavy atom. The van der Waals surface area contributed by atoms with Crippen LogP contribution in [0.15, 0.2) is 36.5 Å². The Bertz CT molecular complexity index is 935. The van der Waals surface area contributed by atoms with Crippen molar-refractivity contribution in [1.82, 2.24) is 24.6 Å². The van der Waals surface area contributed by atoms with Gasteiger partial charge in [0.05, 0.1) is 11.4 Å². The summed E-state index contributed by atoms with van der Waals surface area (Å²) in [5.74, 6) is 0.965. The maximum Gasteiger partial charge on any atom is 0.137 e. The van der Waals surface area contributed by atoms with Crippen LogP contribution < -0.4 is 0 Å². The molecule has 1 aliphatic rings. The fourth-order valence-electron chi connectivity index (χ4n) is 3.57. The molecule has 5 nitrogen and oxygen atoms in total. The van der Waals surface area contributed by atoms with Crippen molar-refractivity contribution in [3.63, 3.8) is 0 Å². The highest BCUT2D eigenvalue weighted by atomic mass is 35.5. The molecule has 27 heavy (non-hydrogen) atoms. The lowest BCUT2D eigenvalue weighted by Gasteiger charge is -2.28. The third-order valence-electron chi connectivity index (χ3n) is 5.04. The summed E-state index contributed by atoms with van der Waals surface area (Å²) in [5, 5.41) is 5.35. The van der Waals surface area contributed by atoms with Crippen molar-refractivity contribution in [2.45, 2.75) is 46.2 Å². The fraction of sp³-hybridized carbons (Fsp3) is 0.381. The van der Waals surface area contributed by atoms with Gasteiger partial charge in [0.1, 0.15) is 11.0 Å². The topological polar surface area (TPSA) is 46.8 Å². The zero-order valence-electron chi connectivity index (χ0n) is 15.8. The van der Waals surface area contributed by atoms with E-state index >= 15 is 0 Å². The molecule has 0 saturated heterocycles. The summed E-state index contributed by atoms with van der Waals surface area (Å²) >= 11 is 6.69. The summed E-state index contributed by atoms with van der Waals surface area (Å²) in [5.41, 5.74) is 5.48. The van der Waals surface area contributed by atoms with Crippen LogP contribution in [0.2, 0.25) is 5.15 Å². The van der Waals surface area contributed by atoms with Crippen LogP contribution in [0, 0.1) is 6.92 Å². The van der Waals surface area contributed by atoms with E-state index in [4.69, 9.17) is 16.6 Å². The average molecular weight is 382 g/mol. The third kappa shape index (κ3) is 3.75. The van der Waals surface area contributed by atoms with Crippen LogP contribution in [0.4, 0.5) is 0 Å². The molecule has 0 unspecified atom stereocenters. The molecule has 3 heterocycles. The number of fused-ring (bicyclic) bond motifs is 1. The SMILES string of the molecule is CCCc1ncc2c(n1)CCN(Cc1c(C)nn(-c3ccccc3)c1Cl)C2. The predicted octanol–water partition coefficient (Wildman–Crippen LogP) is 4.13. The highest BCUT2D eigenvalue weighted by Gasteiger charge is 2.22. The molecule has 0 fully saturated rings. The van der Waals surface area contributed by atoms with E-state index in [0.717, 1.165) is 61.7 Å². The monoisotopic (exact) mass is 381 g/mol. The second-order valence-electron chi connectivity index (χ2n) is 7.07. The molecule has 0 radical (unpaired) electrons. The molecular weight excluding hydrogens is 358 g/mol. The molecule has 1 aliphatic heterocycles. The standard InChI is InChI=1S/C21H24ClN5/c1-3-7-20-23-12-16-13-26(11-10-19(16)24-20)14-18-15(2)25-27(21(18)22)17-8-5-4-6-9-17/h4-6,8-9,12H,3,7,10-11,13-14H2,1-2H3. The number of hydrogen-bond donors (Lipinski definition) is 0. The van der Waals surface area contributed by atoms with Crippen LogP contribution in [0.1, 0.15) is 41.7 Å². The maximum absolute atomic E-state index is 6.69. The van der Waals surface area contributed by atoms with Crippen LogP contribution in [0.25, 0.3) is 5.69 Å². The molecule has 140 valence electrons. The number of rotatable bonds is 5. The molecule has 6 heteroatoms. The van der Waals surface area contributed by atoms with Crippen LogP contribution in [-0.4, -0.2) is 31.2 Å². The van der Waals surface area contributed by atoms with Gasteiger partial charge < -0.3 is 0 Å². The van der Waals surface area contributed by atoms with E-state index in [-0.39, 0.29) is 0 Å². The van der Waals surface area contributed by atoms with E-state index in [1.54, 1.807) is 0 Å². The minimum Gasteiger partial charge on any atom is -0.294 e. The van der Waals surface area contributed by atoms with E-state index < -0.39 is 0 Å². The molecule has 3 aromatic rings. The quantitative estimate of drug-likeness (QED) is 0.666. The number of halogens is 1. The Morgan fingerprint density at radius 3 is 2.78 bits per heavy atom. The summed E-state index contributed by atoms with van der Waals surface area (Å²) in [6.45, 7) is 6.80. The predicted molar refractivity (Wildman–Crippen MR) is 107 cm³/mol. The molecule has 0 N–H and O–H groups in total.